The maximum absolute atomic E-state index is 13.4. The van der Waals surface area contributed by atoms with Crippen LogP contribution in [0.1, 0.15) is 30.0 Å². The normalized spacial score (nSPS) is 12.2. The molecule has 7 nitrogen and oxygen atoms in total. The molecule has 2 aromatic carbocycles. The summed E-state index contributed by atoms with van der Waals surface area (Å²) in [6, 6.07) is 6.83. The number of hydrogen-bond acceptors (Lipinski definition) is 5. The number of aliphatic carboxylic acids is 1. The van der Waals surface area contributed by atoms with E-state index >= 15 is 0 Å². The van der Waals surface area contributed by atoms with E-state index < -0.39 is 23.5 Å². The van der Waals surface area contributed by atoms with E-state index in [4.69, 9.17) is 13.9 Å². The van der Waals surface area contributed by atoms with Gasteiger partial charge < -0.3 is 19.3 Å². The van der Waals surface area contributed by atoms with Gasteiger partial charge in [0.05, 0.1) is 18.2 Å². The van der Waals surface area contributed by atoms with E-state index in [9.17, 15) is 18.8 Å². The molecule has 2 heterocycles. The molecule has 2 N–H and O–H groups in total. The van der Waals surface area contributed by atoms with Gasteiger partial charge in [-0.05, 0) is 49.6 Å². The molecule has 0 fully saturated rings. The number of benzene rings is 2. The van der Waals surface area contributed by atoms with E-state index in [0.29, 0.717) is 27.7 Å². The molecule has 0 saturated heterocycles. The minimum Gasteiger partial charge on any atom is -0.480 e. The van der Waals surface area contributed by atoms with Gasteiger partial charge in [0.2, 0.25) is 5.91 Å². The molecule has 0 aliphatic rings. The number of nitrogens with one attached hydrogen (secondary N) is 1. The highest BCUT2D eigenvalue weighted by molar-refractivity contribution is 6.05. The van der Waals surface area contributed by atoms with E-state index in [-0.39, 0.29) is 24.2 Å². The van der Waals surface area contributed by atoms with Crippen LogP contribution in [-0.4, -0.2) is 23.0 Å². The number of aryl methyl sites for hydroxylation is 2. The fraction of sp³-hybridized carbons (Fsp3) is 0.240. The Morgan fingerprint density at radius 3 is 2.42 bits per heavy atom. The number of furan rings is 1. The van der Waals surface area contributed by atoms with Crippen LogP contribution in [-0.2, 0) is 16.0 Å². The maximum atomic E-state index is 13.4. The number of amides is 1. The summed E-state index contributed by atoms with van der Waals surface area (Å²) >= 11 is 0. The molecule has 1 unspecified atom stereocenters. The number of hydrogen-bond donors (Lipinski definition) is 2. The van der Waals surface area contributed by atoms with Crippen molar-refractivity contribution in [1.82, 2.24) is 5.32 Å². The van der Waals surface area contributed by atoms with Gasteiger partial charge in [0.1, 0.15) is 23.0 Å². The van der Waals surface area contributed by atoms with E-state index in [2.05, 4.69) is 5.32 Å². The van der Waals surface area contributed by atoms with Crippen molar-refractivity contribution in [3.8, 4) is 11.1 Å². The van der Waals surface area contributed by atoms with Crippen LogP contribution in [0, 0.1) is 19.7 Å². The Hall–Kier alpha value is -3.94. The molecule has 4 aromatic rings. The molecule has 0 saturated carbocycles. The molecule has 0 bridgehead atoms. The SMILES string of the molecule is CCC(NC(=O)Cc1c(C)c2cc3c(-c4ccc(F)cc4)coc3c(C)c2oc1=O)C(=O)O. The minimum absolute atomic E-state index is 0.158. The Morgan fingerprint density at radius 2 is 1.79 bits per heavy atom. The third-order valence-corrected chi connectivity index (χ3v) is 5.88. The van der Waals surface area contributed by atoms with Crippen LogP contribution in [0.25, 0.3) is 33.1 Å². The molecular weight excluding hydrogens is 429 g/mol. The molecule has 170 valence electrons. The van der Waals surface area contributed by atoms with Crippen LogP contribution < -0.4 is 10.9 Å². The van der Waals surface area contributed by atoms with Gasteiger partial charge in [-0.25, -0.2) is 14.0 Å². The second-order valence-corrected chi connectivity index (χ2v) is 7.95. The molecule has 33 heavy (non-hydrogen) atoms. The lowest BCUT2D eigenvalue weighted by atomic mass is 9.97. The zero-order valence-electron chi connectivity index (χ0n) is 18.3. The Morgan fingerprint density at radius 1 is 1.09 bits per heavy atom. The second kappa shape index (κ2) is 8.54. The lowest BCUT2D eigenvalue weighted by Crippen LogP contribution is -2.41. The first-order valence-corrected chi connectivity index (χ1v) is 10.5. The Labute approximate surface area is 187 Å². The van der Waals surface area contributed by atoms with Crippen molar-refractivity contribution in [1.29, 1.82) is 0 Å². The molecule has 0 aliphatic carbocycles. The van der Waals surface area contributed by atoms with Crippen molar-refractivity contribution >= 4 is 33.8 Å². The van der Waals surface area contributed by atoms with Gasteiger partial charge in [0.25, 0.3) is 0 Å². The third-order valence-electron chi connectivity index (χ3n) is 5.88. The highest BCUT2D eigenvalue weighted by Crippen LogP contribution is 2.37. The monoisotopic (exact) mass is 451 g/mol. The summed E-state index contributed by atoms with van der Waals surface area (Å²) in [6.07, 6.45) is 1.49. The van der Waals surface area contributed by atoms with Crippen LogP contribution in [0.3, 0.4) is 0 Å². The highest BCUT2D eigenvalue weighted by Gasteiger charge is 2.22. The van der Waals surface area contributed by atoms with Crippen LogP contribution in [0.4, 0.5) is 4.39 Å². The summed E-state index contributed by atoms with van der Waals surface area (Å²) in [6.45, 7) is 5.14. The molecule has 8 heteroatoms. The van der Waals surface area contributed by atoms with Gasteiger partial charge in [-0.2, -0.15) is 0 Å². The molecular formula is C25H22FNO6. The lowest BCUT2D eigenvalue weighted by Gasteiger charge is -2.13. The quantitative estimate of drug-likeness (QED) is 0.418. The first-order chi connectivity index (χ1) is 15.7. The average molecular weight is 451 g/mol. The summed E-state index contributed by atoms with van der Waals surface area (Å²) < 4.78 is 24.7. The maximum Gasteiger partial charge on any atom is 0.340 e. The summed E-state index contributed by atoms with van der Waals surface area (Å²) in [5.74, 6) is -2.06. The first kappa shape index (κ1) is 22.3. The van der Waals surface area contributed by atoms with E-state index in [1.54, 1.807) is 39.2 Å². The van der Waals surface area contributed by atoms with Crippen molar-refractivity contribution in [3.05, 3.63) is 69.5 Å². The van der Waals surface area contributed by atoms with Gasteiger partial charge in [-0.1, -0.05) is 19.1 Å². The molecule has 1 amide bonds. The van der Waals surface area contributed by atoms with Crippen molar-refractivity contribution in [2.75, 3.05) is 0 Å². The van der Waals surface area contributed by atoms with Gasteiger partial charge in [-0.3, -0.25) is 4.79 Å². The number of carbonyl (C=O) groups is 2. The zero-order valence-corrected chi connectivity index (χ0v) is 18.3. The highest BCUT2D eigenvalue weighted by atomic mass is 19.1. The van der Waals surface area contributed by atoms with Gasteiger partial charge in [0.15, 0.2) is 0 Å². The van der Waals surface area contributed by atoms with Gasteiger partial charge in [-0.15, -0.1) is 0 Å². The number of carboxylic acids is 1. The molecule has 1 atom stereocenters. The predicted molar refractivity (Wildman–Crippen MR) is 121 cm³/mol. The van der Waals surface area contributed by atoms with Crippen LogP contribution >= 0.6 is 0 Å². The number of halogens is 1. The summed E-state index contributed by atoms with van der Waals surface area (Å²) in [4.78, 5) is 36.3. The molecule has 0 aliphatic heterocycles. The number of carbonyl (C=O) groups excluding carboxylic acids is 1. The first-order valence-electron chi connectivity index (χ1n) is 10.5. The van der Waals surface area contributed by atoms with Gasteiger partial charge in [0, 0.05) is 21.9 Å². The van der Waals surface area contributed by atoms with Crippen molar-refractivity contribution in [2.45, 2.75) is 39.7 Å². The number of rotatable bonds is 6. The summed E-state index contributed by atoms with van der Waals surface area (Å²) in [5, 5.41) is 13.0. The third kappa shape index (κ3) is 4.00. The van der Waals surface area contributed by atoms with Crippen molar-refractivity contribution in [3.63, 3.8) is 0 Å². The average Bonchev–Trinajstić information content (AvgIpc) is 3.20. The Balaban J connectivity index is 1.83. The fourth-order valence-electron chi connectivity index (χ4n) is 4.00. The van der Waals surface area contributed by atoms with Crippen molar-refractivity contribution in [2.24, 2.45) is 0 Å². The number of fused-ring (bicyclic) bond motifs is 2. The summed E-state index contributed by atoms with van der Waals surface area (Å²) in [7, 11) is 0. The smallest absolute Gasteiger partial charge is 0.340 e. The van der Waals surface area contributed by atoms with Gasteiger partial charge >= 0.3 is 11.6 Å². The molecule has 2 aromatic heterocycles. The van der Waals surface area contributed by atoms with E-state index in [0.717, 1.165) is 16.5 Å². The van der Waals surface area contributed by atoms with E-state index in [1.807, 2.05) is 6.07 Å². The molecule has 4 rings (SSSR count). The fourth-order valence-corrected chi connectivity index (χ4v) is 4.00. The standard InChI is InChI=1S/C25H22FNO6/c1-4-20(24(29)30)27-21(28)10-17-12(2)16-9-18-19(14-5-7-15(26)8-6-14)11-32-22(18)13(3)23(16)33-25(17)31/h5-9,11,20H,4,10H2,1-3H3,(H,27,28)(H,29,30). The molecule has 0 spiro atoms. The second-order valence-electron chi connectivity index (χ2n) is 7.95. The van der Waals surface area contributed by atoms with Crippen LogP contribution in [0.15, 0.2) is 50.2 Å². The van der Waals surface area contributed by atoms with Crippen LogP contribution in [0.5, 0.6) is 0 Å². The van der Waals surface area contributed by atoms with E-state index in [1.165, 1.54) is 12.1 Å². The minimum atomic E-state index is -1.14. The Bertz CT molecular complexity index is 1450. The van der Waals surface area contributed by atoms with Crippen LogP contribution in [0.2, 0.25) is 0 Å². The number of carboxylic acid groups (broad SMARTS) is 1. The van der Waals surface area contributed by atoms with Crippen molar-refractivity contribution < 1.29 is 27.9 Å². The largest absolute Gasteiger partial charge is 0.480 e. The molecule has 0 radical (unpaired) electrons. The summed E-state index contributed by atoms with van der Waals surface area (Å²) in [5.41, 5.74) is 3.11. The lowest BCUT2D eigenvalue weighted by molar-refractivity contribution is -0.141. The predicted octanol–water partition coefficient (Wildman–Crippen LogP) is 4.48. The Kier molecular flexibility index (Phi) is 5.76. The zero-order chi connectivity index (χ0) is 23.9. The topological polar surface area (TPSA) is 110 Å².